The first-order valence-corrected chi connectivity index (χ1v) is 6.79. The Labute approximate surface area is 123 Å². The van der Waals surface area contributed by atoms with Crippen molar-refractivity contribution in [3.63, 3.8) is 0 Å². The highest BCUT2D eigenvalue weighted by Gasteiger charge is 2.11. The van der Waals surface area contributed by atoms with Gasteiger partial charge in [-0.15, -0.1) is 0 Å². The van der Waals surface area contributed by atoms with Gasteiger partial charge in [0.05, 0.1) is 16.7 Å². The molecule has 0 N–H and O–H groups in total. The van der Waals surface area contributed by atoms with Gasteiger partial charge in [-0.05, 0) is 42.8 Å². The summed E-state index contributed by atoms with van der Waals surface area (Å²) in [7, 11) is 0. The van der Waals surface area contributed by atoms with Gasteiger partial charge < -0.3 is 0 Å². The van der Waals surface area contributed by atoms with E-state index in [0.717, 1.165) is 15.9 Å². The molecule has 5 nitrogen and oxygen atoms in total. The summed E-state index contributed by atoms with van der Waals surface area (Å²) in [5.41, 5.74) is 1.90. The average Bonchev–Trinajstić information content (AvgIpc) is 2.31. The maximum absolute atomic E-state index is 11.9. The summed E-state index contributed by atoms with van der Waals surface area (Å²) in [5, 5.41) is 0.368. The van der Waals surface area contributed by atoms with Crippen molar-refractivity contribution in [1.29, 1.82) is 0 Å². The fourth-order valence-corrected chi connectivity index (χ4v) is 2.32. The van der Waals surface area contributed by atoms with Crippen molar-refractivity contribution < 1.29 is 0 Å². The molecule has 0 saturated carbocycles. The first-order chi connectivity index (χ1) is 8.88. The fraction of sp³-hybridized carbons (Fsp3) is 0.333. The van der Waals surface area contributed by atoms with Crippen molar-refractivity contribution in [2.75, 3.05) is 0 Å². The third-order valence-corrected chi connectivity index (χ3v) is 4.04. The molecule has 2 aromatic rings. The van der Waals surface area contributed by atoms with Crippen molar-refractivity contribution in [3.8, 4) is 0 Å². The second-order valence-corrected chi connectivity index (χ2v) is 5.39. The van der Waals surface area contributed by atoms with Crippen LogP contribution in [0, 0.1) is 20.8 Å². The van der Waals surface area contributed by atoms with Gasteiger partial charge in [0, 0.05) is 11.4 Å². The quantitative estimate of drug-likeness (QED) is 0.786. The van der Waals surface area contributed by atoms with Crippen molar-refractivity contribution in [1.82, 2.24) is 19.5 Å². The van der Waals surface area contributed by atoms with E-state index in [2.05, 4.69) is 30.9 Å². The largest absolute Gasteiger partial charge is 0.348 e. The highest BCUT2D eigenvalue weighted by atomic mass is 79.9. The Balaban J connectivity index is 2.49. The van der Waals surface area contributed by atoms with Crippen LogP contribution in [0.3, 0.4) is 0 Å². The van der Waals surface area contributed by atoms with E-state index in [4.69, 9.17) is 11.6 Å². The van der Waals surface area contributed by atoms with Crippen molar-refractivity contribution in [2.45, 2.75) is 27.3 Å². The van der Waals surface area contributed by atoms with Crippen LogP contribution < -0.4 is 5.69 Å². The zero-order valence-corrected chi connectivity index (χ0v) is 13.1. The Morgan fingerprint density at radius 3 is 2.58 bits per heavy atom. The normalized spacial score (nSPS) is 10.8. The fourth-order valence-electron chi connectivity index (χ4n) is 1.76. The van der Waals surface area contributed by atoms with Gasteiger partial charge in [-0.1, -0.05) is 11.6 Å². The molecule has 2 aromatic heterocycles. The van der Waals surface area contributed by atoms with Gasteiger partial charge in [-0.2, -0.15) is 4.98 Å². The van der Waals surface area contributed by atoms with Gasteiger partial charge in [-0.25, -0.2) is 14.8 Å². The van der Waals surface area contributed by atoms with Gasteiger partial charge in [0.15, 0.2) is 0 Å². The molecule has 0 aliphatic heterocycles. The monoisotopic (exact) mass is 342 g/mol. The van der Waals surface area contributed by atoms with E-state index in [-0.39, 0.29) is 12.2 Å². The van der Waals surface area contributed by atoms with Crippen molar-refractivity contribution >= 4 is 27.5 Å². The van der Waals surface area contributed by atoms with Gasteiger partial charge >= 0.3 is 5.69 Å². The summed E-state index contributed by atoms with van der Waals surface area (Å²) in [6, 6.07) is 1.67. The predicted octanol–water partition coefficient (Wildman–Crippen LogP) is 2.42. The highest BCUT2D eigenvalue weighted by Crippen LogP contribution is 2.17. The first kappa shape index (κ1) is 14.1. The average molecular weight is 344 g/mol. The molecule has 7 heteroatoms. The minimum Gasteiger partial charge on any atom is -0.288 e. The molecule has 0 unspecified atom stereocenters. The molecule has 0 spiro atoms. The predicted molar refractivity (Wildman–Crippen MR) is 76.6 cm³/mol. The molecule has 2 heterocycles. The van der Waals surface area contributed by atoms with Gasteiger partial charge in [0.2, 0.25) is 0 Å². The van der Waals surface area contributed by atoms with Crippen LogP contribution in [0.1, 0.15) is 22.9 Å². The number of rotatable bonds is 2. The summed E-state index contributed by atoms with van der Waals surface area (Å²) in [6.45, 7) is 5.70. The molecule has 0 fully saturated rings. The van der Waals surface area contributed by atoms with Gasteiger partial charge in [0.1, 0.15) is 11.0 Å². The van der Waals surface area contributed by atoms with Crippen LogP contribution in [0.2, 0.25) is 5.15 Å². The molecule has 19 heavy (non-hydrogen) atoms. The smallest absolute Gasteiger partial charge is 0.288 e. The van der Waals surface area contributed by atoms with E-state index >= 15 is 0 Å². The second-order valence-electron chi connectivity index (χ2n) is 4.21. The minimum absolute atomic E-state index is 0.248. The standard InChI is InChI=1S/C12H12BrClN4O/c1-6-4-9(14)17-10(15-6)5-18-8(3)11(13)7(2)16-12(18)19/h4H,5H2,1-3H3. The highest BCUT2D eigenvalue weighted by molar-refractivity contribution is 9.10. The molecule has 0 amide bonds. The summed E-state index contributed by atoms with van der Waals surface area (Å²) in [6.07, 6.45) is 0. The third kappa shape index (κ3) is 3.01. The van der Waals surface area contributed by atoms with Gasteiger partial charge in [-0.3, -0.25) is 4.57 Å². The lowest BCUT2D eigenvalue weighted by molar-refractivity contribution is 0.657. The van der Waals surface area contributed by atoms with Crippen LogP contribution in [-0.4, -0.2) is 19.5 Å². The second kappa shape index (κ2) is 5.38. The number of halogens is 2. The zero-order chi connectivity index (χ0) is 14.2. The lowest BCUT2D eigenvalue weighted by atomic mass is 10.3. The molecular formula is C12H12BrClN4O. The molecule has 0 atom stereocenters. The number of nitrogens with zero attached hydrogens (tertiary/aromatic N) is 4. The maximum atomic E-state index is 11.9. The number of aryl methyl sites for hydroxylation is 2. The third-order valence-electron chi connectivity index (χ3n) is 2.70. The molecule has 0 aromatic carbocycles. The lowest BCUT2D eigenvalue weighted by Gasteiger charge is -2.11. The Kier molecular flexibility index (Phi) is 4.01. The minimum atomic E-state index is -0.320. The molecule has 2 rings (SSSR count). The van der Waals surface area contributed by atoms with E-state index in [1.165, 1.54) is 4.57 Å². The Hall–Kier alpha value is -1.27. The Morgan fingerprint density at radius 1 is 1.26 bits per heavy atom. The maximum Gasteiger partial charge on any atom is 0.348 e. The van der Waals surface area contributed by atoms with Crippen LogP contribution in [0.15, 0.2) is 15.3 Å². The van der Waals surface area contributed by atoms with Crippen LogP contribution in [0.5, 0.6) is 0 Å². The Bertz CT molecular complexity index is 679. The van der Waals surface area contributed by atoms with Crippen LogP contribution >= 0.6 is 27.5 Å². The van der Waals surface area contributed by atoms with E-state index < -0.39 is 0 Å². The molecule has 0 radical (unpaired) electrons. The van der Waals surface area contributed by atoms with Crippen LogP contribution in [0.4, 0.5) is 0 Å². The molecular weight excluding hydrogens is 332 g/mol. The summed E-state index contributed by atoms with van der Waals surface area (Å²) < 4.78 is 2.33. The van der Waals surface area contributed by atoms with Gasteiger partial charge in [0.25, 0.3) is 0 Å². The Morgan fingerprint density at radius 2 is 1.95 bits per heavy atom. The number of hydrogen-bond donors (Lipinski definition) is 0. The molecule has 0 aliphatic carbocycles. The van der Waals surface area contributed by atoms with Crippen molar-refractivity contribution in [2.24, 2.45) is 0 Å². The molecule has 100 valence electrons. The molecule has 0 aliphatic rings. The SMILES string of the molecule is Cc1cc(Cl)nc(Cn2c(C)c(Br)c(C)nc2=O)n1. The van der Waals surface area contributed by atoms with E-state index in [1.807, 2.05) is 13.8 Å². The summed E-state index contributed by atoms with van der Waals surface area (Å²) in [4.78, 5) is 24.3. The lowest BCUT2D eigenvalue weighted by Crippen LogP contribution is -2.27. The molecule has 0 saturated heterocycles. The van der Waals surface area contributed by atoms with E-state index in [0.29, 0.717) is 16.7 Å². The molecule has 0 bridgehead atoms. The van der Waals surface area contributed by atoms with Crippen LogP contribution in [-0.2, 0) is 6.54 Å². The summed E-state index contributed by atoms with van der Waals surface area (Å²) >= 11 is 9.31. The first-order valence-electron chi connectivity index (χ1n) is 5.62. The topological polar surface area (TPSA) is 60.7 Å². The van der Waals surface area contributed by atoms with E-state index in [9.17, 15) is 4.79 Å². The zero-order valence-electron chi connectivity index (χ0n) is 10.7. The van der Waals surface area contributed by atoms with E-state index in [1.54, 1.807) is 13.0 Å². The summed E-state index contributed by atoms with van der Waals surface area (Å²) in [5.74, 6) is 0.493. The van der Waals surface area contributed by atoms with Crippen molar-refractivity contribution in [3.05, 3.63) is 49.1 Å². The van der Waals surface area contributed by atoms with Crippen LogP contribution in [0.25, 0.3) is 0 Å². The number of hydrogen-bond acceptors (Lipinski definition) is 4. The number of aromatic nitrogens is 4.